The number of carbonyl (C=O) groups is 1. The minimum atomic E-state index is -0.427. The number of carbonyl (C=O) groups excluding carboxylic acids is 1. The van der Waals surface area contributed by atoms with E-state index in [1.807, 2.05) is 26.0 Å². The number of fused-ring (bicyclic) bond motifs is 1. The predicted molar refractivity (Wildman–Crippen MR) is 108 cm³/mol. The number of H-pyrrole nitrogens is 1. The molecule has 0 aliphatic rings. The third kappa shape index (κ3) is 3.41. The summed E-state index contributed by atoms with van der Waals surface area (Å²) in [5.41, 5.74) is 3.51. The summed E-state index contributed by atoms with van der Waals surface area (Å²) in [4.78, 5) is 27.2. The van der Waals surface area contributed by atoms with E-state index in [-0.39, 0.29) is 5.56 Å². The van der Waals surface area contributed by atoms with E-state index in [0.29, 0.717) is 33.8 Å². The predicted octanol–water partition coefficient (Wildman–Crippen LogP) is 5.41. The van der Waals surface area contributed by atoms with Crippen molar-refractivity contribution in [2.75, 3.05) is 0 Å². The molecule has 0 amide bonds. The van der Waals surface area contributed by atoms with Gasteiger partial charge in [0.2, 0.25) is 0 Å². The number of nitrogens with one attached hydrogen (secondary N) is 1. The van der Waals surface area contributed by atoms with Gasteiger partial charge >= 0.3 is 5.97 Å². The fourth-order valence-electron chi connectivity index (χ4n) is 3.11. The van der Waals surface area contributed by atoms with Crippen molar-refractivity contribution >= 4 is 44.4 Å². The van der Waals surface area contributed by atoms with Crippen molar-refractivity contribution in [3.63, 3.8) is 0 Å². The summed E-state index contributed by atoms with van der Waals surface area (Å²) in [7, 11) is 0. The van der Waals surface area contributed by atoms with Crippen LogP contribution in [0.1, 0.15) is 25.0 Å². The zero-order valence-electron chi connectivity index (χ0n) is 14.6. The topological polar surface area (TPSA) is 59.2 Å². The first-order valence-electron chi connectivity index (χ1n) is 8.15. The molecule has 0 atom stereocenters. The zero-order chi connectivity index (χ0) is 19.0. The molecule has 134 valence electrons. The van der Waals surface area contributed by atoms with E-state index in [1.54, 1.807) is 18.2 Å². The summed E-state index contributed by atoms with van der Waals surface area (Å²) in [5, 5.41) is 1.35. The summed E-state index contributed by atoms with van der Waals surface area (Å²) in [6.07, 6.45) is 0.706. The van der Waals surface area contributed by atoms with E-state index in [2.05, 4.69) is 20.9 Å². The quantitative estimate of drug-likeness (QED) is 0.443. The van der Waals surface area contributed by atoms with Crippen molar-refractivity contribution in [2.24, 2.45) is 0 Å². The summed E-state index contributed by atoms with van der Waals surface area (Å²) < 4.78 is 6.13. The molecule has 3 rings (SSSR count). The number of rotatable bonds is 3. The smallest absolute Gasteiger partial charge is 0.308 e. The van der Waals surface area contributed by atoms with E-state index >= 15 is 0 Å². The molecule has 26 heavy (non-hydrogen) atoms. The second kappa shape index (κ2) is 7.25. The van der Waals surface area contributed by atoms with Crippen LogP contribution in [0.3, 0.4) is 0 Å². The average Bonchev–Trinajstić information content (AvgIpc) is 2.57. The fraction of sp³-hybridized carbons (Fsp3) is 0.200. The molecule has 1 N–H and O–H groups in total. The van der Waals surface area contributed by atoms with E-state index in [1.165, 1.54) is 6.92 Å². The van der Waals surface area contributed by atoms with Gasteiger partial charge in [0.15, 0.2) is 0 Å². The normalized spacial score (nSPS) is 11.0. The Balaban J connectivity index is 2.36. The van der Waals surface area contributed by atoms with Crippen molar-refractivity contribution in [1.29, 1.82) is 0 Å². The highest BCUT2D eigenvalue weighted by Gasteiger charge is 2.18. The van der Waals surface area contributed by atoms with Gasteiger partial charge in [-0.15, -0.1) is 0 Å². The van der Waals surface area contributed by atoms with Crippen LogP contribution < -0.4 is 10.3 Å². The fourth-order valence-corrected chi connectivity index (χ4v) is 3.63. The van der Waals surface area contributed by atoms with Gasteiger partial charge in [-0.2, -0.15) is 0 Å². The highest BCUT2D eigenvalue weighted by Crippen LogP contribution is 2.36. The number of pyridine rings is 1. The van der Waals surface area contributed by atoms with E-state index in [4.69, 9.17) is 16.3 Å². The van der Waals surface area contributed by atoms with Crippen molar-refractivity contribution in [3.05, 3.63) is 61.3 Å². The Bertz CT molecular complexity index is 1090. The molecule has 0 saturated heterocycles. The van der Waals surface area contributed by atoms with E-state index in [9.17, 15) is 9.59 Å². The second-order valence-corrected chi connectivity index (χ2v) is 7.31. The van der Waals surface area contributed by atoms with E-state index < -0.39 is 5.97 Å². The minimum Gasteiger partial charge on any atom is -0.426 e. The summed E-state index contributed by atoms with van der Waals surface area (Å²) in [6, 6.07) is 8.98. The first-order valence-corrected chi connectivity index (χ1v) is 9.32. The molecule has 1 aromatic heterocycles. The molecular weight excluding hydrogens is 418 g/mol. The van der Waals surface area contributed by atoms with Crippen LogP contribution in [0.15, 0.2) is 39.6 Å². The van der Waals surface area contributed by atoms with Gasteiger partial charge in [-0.25, -0.2) is 0 Å². The van der Waals surface area contributed by atoms with Crippen molar-refractivity contribution < 1.29 is 9.53 Å². The van der Waals surface area contributed by atoms with Crippen LogP contribution in [0.5, 0.6) is 5.75 Å². The van der Waals surface area contributed by atoms with Crippen LogP contribution >= 0.6 is 27.5 Å². The Hall–Kier alpha value is -2.11. The maximum absolute atomic E-state index is 12.8. The molecule has 0 fully saturated rings. The highest BCUT2D eigenvalue weighted by molar-refractivity contribution is 9.10. The monoisotopic (exact) mass is 433 g/mol. The van der Waals surface area contributed by atoms with Crippen LogP contribution in [0.25, 0.3) is 22.0 Å². The summed E-state index contributed by atoms with van der Waals surface area (Å²) in [5.74, 6) is -0.0401. The van der Waals surface area contributed by atoms with Crippen LogP contribution in [-0.2, 0) is 11.2 Å². The molecule has 0 aliphatic heterocycles. The lowest BCUT2D eigenvalue weighted by Crippen LogP contribution is -2.12. The molecular formula is C20H17BrClNO3. The number of esters is 1. The number of ether oxygens (including phenoxy) is 1. The summed E-state index contributed by atoms with van der Waals surface area (Å²) in [6.45, 7) is 5.33. The molecule has 6 heteroatoms. The molecule has 4 nitrogen and oxygen atoms in total. The molecule has 3 aromatic rings. The number of hydrogen-bond acceptors (Lipinski definition) is 3. The van der Waals surface area contributed by atoms with Gasteiger partial charge in [-0.1, -0.05) is 24.6 Å². The van der Waals surface area contributed by atoms with Crippen LogP contribution in [0.4, 0.5) is 0 Å². The lowest BCUT2D eigenvalue weighted by Gasteiger charge is -2.16. The molecule has 0 aliphatic carbocycles. The molecule has 2 aromatic carbocycles. The number of aromatic nitrogens is 1. The van der Waals surface area contributed by atoms with Crippen LogP contribution in [0, 0.1) is 6.92 Å². The third-order valence-electron chi connectivity index (χ3n) is 4.27. The Kier molecular flexibility index (Phi) is 5.21. The number of halogens is 2. The largest absolute Gasteiger partial charge is 0.426 e. The molecule has 0 bridgehead atoms. The number of aromatic amines is 1. The standard InChI is InChI=1S/C20H17BrClNO3/c1-4-13-10(2)5-6-18(26-11(3)24)19(13)14-7-12-8-15(21)16(22)9-17(12)23-20(14)25/h5-9H,4H2,1-3H3,(H,23,25). The van der Waals surface area contributed by atoms with Crippen molar-refractivity contribution in [1.82, 2.24) is 4.98 Å². The van der Waals surface area contributed by atoms with Gasteiger partial charge in [0.1, 0.15) is 5.75 Å². The average molecular weight is 435 g/mol. The van der Waals surface area contributed by atoms with Gasteiger partial charge in [-0.3, -0.25) is 9.59 Å². The number of benzene rings is 2. The van der Waals surface area contributed by atoms with Gasteiger partial charge in [-0.05, 0) is 64.7 Å². The SMILES string of the molecule is CCc1c(C)ccc(OC(C)=O)c1-c1cc2cc(Br)c(Cl)cc2[nH]c1=O. The lowest BCUT2D eigenvalue weighted by atomic mass is 9.93. The first kappa shape index (κ1) is 18.7. The Morgan fingerprint density at radius 3 is 2.65 bits per heavy atom. The first-order chi connectivity index (χ1) is 12.3. The molecule has 0 spiro atoms. The highest BCUT2D eigenvalue weighted by atomic mass is 79.9. The summed E-state index contributed by atoms with van der Waals surface area (Å²) >= 11 is 9.53. The number of hydrogen-bond donors (Lipinski definition) is 1. The third-order valence-corrected chi connectivity index (χ3v) is 5.47. The van der Waals surface area contributed by atoms with Gasteiger partial charge in [0, 0.05) is 27.9 Å². The van der Waals surface area contributed by atoms with Crippen LogP contribution in [0.2, 0.25) is 5.02 Å². The van der Waals surface area contributed by atoms with Crippen molar-refractivity contribution in [3.8, 4) is 16.9 Å². The molecule has 1 heterocycles. The zero-order valence-corrected chi connectivity index (χ0v) is 16.9. The van der Waals surface area contributed by atoms with Gasteiger partial charge < -0.3 is 9.72 Å². The Morgan fingerprint density at radius 2 is 2.00 bits per heavy atom. The molecule has 0 radical (unpaired) electrons. The Morgan fingerprint density at radius 1 is 1.27 bits per heavy atom. The molecule has 0 unspecified atom stereocenters. The maximum Gasteiger partial charge on any atom is 0.308 e. The maximum atomic E-state index is 12.8. The Labute approximate surface area is 164 Å². The van der Waals surface area contributed by atoms with Crippen LogP contribution in [-0.4, -0.2) is 11.0 Å². The van der Waals surface area contributed by atoms with Gasteiger partial charge in [0.05, 0.1) is 10.6 Å². The van der Waals surface area contributed by atoms with E-state index in [0.717, 1.165) is 21.0 Å². The van der Waals surface area contributed by atoms with Gasteiger partial charge in [0.25, 0.3) is 5.56 Å². The van der Waals surface area contributed by atoms with Crippen molar-refractivity contribution in [2.45, 2.75) is 27.2 Å². The second-order valence-electron chi connectivity index (χ2n) is 6.05. The molecule has 0 saturated carbocycles. The minimum absolute atomic E-state index is 0.260. The number of aryl methyl sites for hydroxylation is 1. The lowest BCUT2D eigenvalue weighted by molar-refractivity contribution is -0.131.